The summed E-state index contributed by atoms with van der Waals surface area (Å²) in [6.45, 7) is 1.80. The Morgan fingerprint density at radius 1 is 1.04 bits per heavy atom. The number of pyridine rings is 1. The van der Waals surface area contributed by atoms with Gasteiger partial charge in [-0.25, -0.2) is 9.18 Å². The molecule has 4 aromatic rings. The van der Waals surface area contributed by atoms with Crippen LogP contribution in [0.3, 0.4) is 0 Å². The van der Waals surface area contributed by atoms with Crippen molar-refractivity contribution in [2.75, 3.05) is 0 Å². The van der Waals surface area contributed by atoms with Crippen molar-refractivity contribution in [2.24, 2.45) is 0 Å². The predicted octanol–water partition coefficient (Wildman–Crippen LogP) is 4.21. The molecule has 0 aliphatic rings. The molecule has 2 heterocycles. The minimum Gasteiger partial charge on any atom is -0.478 e. The Morgan fingerprint density at radius 3 is 2.62 bits per heavy atom. The SMILES string of the molecule is Cc1ccc(-c2cc(C(=O)O)cc(-c3nnc4ccccn34)c2)c(F)c1. The average molecular weight is 347 g/mol. The molecule has 5 nitrogen and oxygen atoms in total. The summed E-state index contributed by atoms with van der Waals surface area (Å²) in [5, 5.41) is 17.7. The van der Waals surface area contributed by atoms with Gasteiger partial charge in [-0.2, -0.15) is 0 Å². The molecule has 0 saturated carbocycles. The molecule has 6 heteroatoms. The van der Waals surface area contributed by atoms with E-state index in [2.05, 4.69) is 10.2 Å². The van der Waals surface area contributed by atoms with Gasteiger partial charge in [0.15, 0.2) is 11.5 Å². The highest BCUT2D eigenvalue weighted by Crippen LogP contribution is 2.30. The second-order valence-corrected chi connectivity index (χ2v) is 6.04. The first-order chi connectivity index (χ1) is 12.5. The zero-order chi connectivity index (χ0) is 18.3. The van der Waals surface area contributed by atoms with Crippen LogP contribution in [0, 0.1) is 12.7 Å². The van der Waals surface area contributed by atoms with Crippen LogP contribution in [0.2, 0.25) is 0 Å². The lowest BCUT2D eigenvalue weighted by atomic mass is 9.98. The van der Waals surface area contributed by atoms with E-state index in [9.17, 15) is 14.3 Å². The monoisotopic (exact) mass is 347 g/mol. The van der Waals surface area contributed by atoms with Crippen molar-refractivity contribution >= 4 is 11.6 Å². The number of carbonyl (C=O) groups is 1. The second-order valence-electron chi connectivity index (χ2n) is 6.04. The Morgan fingerprint density at radius 2 is 1.85 bits per heavy atom. The summed E-state index contributed by atoms with van der Waals surface area (Å²) in [7, 11) is 0. The lowest BCUT2D eigenvalue weighted by Gasteiger charge is -2.09. The molecule has 26 heavy (non-hydrogen) atoms. The number of benzene rings is 2. The standard InChI is InChI=1S/C20H14FN3O2/c1-12-5-6-16(17(21)8-12)13-9-14(11-15(10-13)20(25)26)19-23-22-18-4-2-3-7-24(18)19/h2-11H,1H3,(H,25,26). The molecule has 0 bridgehead atoms. The Balaban J connectivity index is 1.96. The first-order valence-corrected chi connectivity index (χ1v) is 7.98. The predicted molar refractivity (Wildman–Crippen MR) is 95.5 cm³/mol. The van der Waals surface area contributed by atoms with Crippen LogP contribution >= 0.6 is 0 Å². The van der Waals surface area contributed by atoms with Gasteiger partial charge < -0.3 is 5.11 Å². The minimum absolute atomic E-state index is 0.0603. The molecular weight excluding hydrogens is 333 g/mol. The number of nitrogens with zero attached hydrogens (tertiary/aromatic N) is 3. The molecule has 0 spiro atoms. The highest BCUT2D eigenvalue weighted by Gasteiger charge is 2.15. The van der Waals surface area contributed by atoms with Gasteiger partial charge in [0, 0.05) is 17.3 Å². The Kier molecular flexibility index (Phi) is 3.73. The van der Waals surface area contributed by atoms with Gasteiger partial charge >= 0.3 is 5.97 Å². The highest BCUT2D eigenvalue weighted by molar-refractivity contribution is 5.91. The number of carboxylic acid groups (broad SMARTS) is 1. The average Bonchev–Trinajstić information content (AvgIpc) is 3.05. The molecule has 0 atom stereocenters. The molecule has 0 aliphatic carbocycles. The zero-order valence-electron chi connectivity index (χ0n) is 13.8. The van der Waals surface area contributed by atoms with E-state index in [1.54, 1.807) is 41.8 Å². The number of aromatic nitrogens is 3. The maximum absolute atomic E-state index is 14.4. The molecule has 0 fully saturated rings. The van der Waals surface area contributed by atoms with Crippen molar-refractivity contribution in [3.05, 3.63) is 77.7 Å². The number of aryl methyl sites for hydroxylation is 1. The van der Waals surface area contributed by atoms with Gasteiger partial charge in [-0.3, -0.25) is 4.40 Å². The van der Waals surface area contributed by atoms with E-state index >= 15 is 0 Å². The summed E-state index contributed by atoms with van der Waals surface area (Å²) >= 11 is 0. The van der Waals surface area contributed by atoms with Gasteiger partial charge in [-0.05, 0) is 54.4 Å². The van der Waals surface area contributed by atoms with Crippen molar-refractivity contribution < 1.29 is 14.3 Å². The summed E-state index contributed by atoms with van der Waals surface area (Å²) in [6, 6.07) is 15.0. The summed E-state index contributed by atoms with van der Waals surface area (Å²) < 4.78 is 16.2. The second kappa shape index (κ2) is 6.07. The van der Waals surface area contributed by atoms with E-state index in [1.165, 1.54) is 18.2 Å². The van der Waals surface area contributed by atoms with Crippen LogP contribution in [0.15, 0.2) is 60.8 Å². The first kappa shape index (κ1) is 16.0. The summed E-state index contributed by atoms with van der Waals surface area (Å²) in [6.07, 6.45) is 1.80. The molecule has 0 radical (unpaired) electrons. The van der Waals surface area contributed by atoms with E-state index < -0.39 is 11.8 Å². The number of hydrogen-bond acceptors (Lipinski definition) is 3. The van der Waals surface area contributed by atoms with E-state index in [1.807, 2.05) is 12.1 Å². The summed E-state index contributed by atoms with van der Waals surface area (Å²) in [4.78, 5) is 11.6. The van der Waals surface area contributed by atoms with Crippen molar-refractivity contribution in [1.82, 2.24) is 14.6 Å². The van der Waals surface area contributed by atoms with Crippen LogP contribution in [0.4, 0.5) is 4.39 Å². The fourth-order valence-corrected chi connectivity index (χ4v) is 2.93. The van der Waals surface area contributed by atoms with Crippen LogP contribution in [-0.2, 0) is 0 Å². The molecule has 2 aromatic heterocycles. The number of fused-ring (bicyclic) bond motifs is 1. The molecule has 0 unspecified atom stereocenters. The van der Waals surface area contributed by atoms with Crippen molar-refractivity contribution in [3.63, 3.8) is 0 Å². The minimum atomic E-state index is -1.09. The van der Waals surface area contributed by atoms with Gasteiger partial charge in [-0.15, -0.1) is 10.2 Å². The Hall–Kier alpha value is -3.54. The lowest BCUT2D eigenvalue weighted by molar-refractivity contribution is 0.0697. The van der Waals surface area contributed by atoms with E-state index in [0.717, 1.165) is 5.56 Å². The van der Waals surface area contributed by atoms with Crippen LogP contribution in [0.25, 0.3) is 28.2 Å². The number of halogens is 1. The van der Waals surface area contributed by atoms with Gasteiger partial charge in [0.05, 0.1) is 5.56 Å². The lowest BCUT2D eigenvalue weighted by Crippen LogP contribution is -1.99. The van der Waals surface area contributed by atoms with Crippen molar-refractivity contribution in [3.8, 4) is 22.5 Å². The van der Waals surface area contributed by atoms with Crippen LogP contribution in [-0.4, -0.2) is 25.7 Å². The largest absolute Gasteiger partial charge is 0.478 e. The fourth-order valence-electron chi connectivity index (χ4n) is 2.93. The van der Waals surface area contributed by atoms with Crippen LogP contribution < -0.4 is 0 Å². The third-order valence-electron chi connectivity index (χ3n) is 4.19. The van der Waals surface area contributed by atoms with Crippen LogP contribution in [0.5, 0.6) is 0 Å². The Labute approximate surface area is 148 Å². The number of hydrogen-bond donors (Lipinski definition) is 1. The molecule has 0 saturated heterocycles. The summed E-state index contributed by atoms with van der Waals surface area (Å²) in [5.74, 6) is -0.989. The molecule has 1 N–H and O–H groups in total. The van der Waals surface area contributed by atoms with Gasteiger partial charge in [0.1, 0.15) is 5.82 Å². The van der Waals surface area contributed by atoms with Gasteiger partial charge in [-0.1, -0.05) is 18.2 Å². The quantitative estimate of drug-likeness (QED) is 0.603. The highest BCUT2D eigenvalue weighted by atomic mass is 19.1. The van der Waals surface area contributed by atoms with E-state index in [0.29, 0.717) is 28.2 Å². The molecule has 4 rings (SSSR count). The number of aromatic carboxylic acids is 1. The third-order valence-corrected chi connectivity index (χ3v) is 4.19. The number of carboxylic acids is 1. The first-order valence-electron chi connectivity index (χ1n) is 7.98. The van der Waals surface area contributed by atoms with Crippen molar-refractivity contribution in [1.29, 1.82) is 0 Å². The molecular formula is C20H14FN3O2. The van der Waals surface area contributed by atoms with E-state index in [-0.39, 0.29) is 5.56 Å². The molecule has 128 valence electrons. The van der Waals surface area contributed by atoms with E-state index in [4.69, 9.17) is 0 Å². The maximum atomic E-state index is 14.4. The van der Waals surface area contributed by atoms with Crippen molar-refractivity contribution in [2.45, 2.75) is 6.92 Å². The maximum Gasteiger partial charge on any atom is 0.335 e. The fraction of sp³-hybridized carbons (Fsp3) is 0.0500. The smallest absolute Gasteiger partial charge is 0.335 e. The summed E-state index contributed by atoms with van der Waals surface area (Å²) in [5.41, 5.74) is 2.87. The van der Waals surface area contributed by atoms with Gasteiger partial charge in [0.25, 0.3) is 0 Å². The molecule has 0 amide bonds. The topological polar surface area (TPSA) is 67.5 Å². The zero-order valence-corrected chi connectivity index (χ0v) is 13.8. The third kappa shape index (κ3) is 2.71. The molecule has 2 aromatic carbocycles. The van der Waals surface area contributed by atoms with Crippen LogP contribution in [0.1, 0.15) is 15.9 Å². The van der Waals surface area contributed by atoms with Gasteiger partial charge in [0.2, 0.25) is 0 Å². The Bertz CT molecular complexity index is 1150. The normalized spacial score (nSPS) is 11.0. The number of rotatable bonds is 3. The molecule has 0 aliphatic heterocycles.